The lowest BCUT2D eigenvalue weighted by Crippen LogP contribution is -2.48. The third kappa shape index (κ3) is 9.41. The Morgan fingerprint density at radius 2 is 1.52 bits per heavy atom. The minimum Gasteiger partial charge on any atom is -0.443 e. The van der Waals surface area contributed by atoms with Gasteiger partial charge in [-0.3, -0.25) is 19.3 Å². The smallest absolute Gasteiger partial charge is 0.415 e. The largest absolute Gasteiger partial charge is 0.443 e. The average molecular weight is 817 g/mol. The molecule has 1 fully saturated rings. The highest BCUT2D eigenvalue weighted by Crippen LogP contribution is 2.41. The summed E-state index contributed by atoms with van der Waals surface area (Å²) in [7, 11) is 0. The van der Waals surface area contributed by atoms with Gasteiger partial charge in [0.05, 0.1) is 18.8 Å². The van der Waals surface area contributed by atoms with Gasteiger partial charge in [0.2, 0.25) is 11.8 Å². The maximum atomic E-state index is 13.9. The number of fused-ring (bicyclic) bond motifs is 2. The second-order valence-corrected chi connectivity index (χ2v) is 17.8. The van der Waals surface area contributed by atoms with E-state index in [4.69, 9.17) is 4.74 Å². The zero-order chi connectivity index (χ0) is 42.7. The number of carbonyl (C=O) groups is 4. The van der Waals surface area contributed by atoms with Gasteiger partial charge in [-0.25, -0.2) is 9.48 Å². The van der Waals surface area contributed by atoms with Gasteiger partial charge in [0.1, 0.15) is 5.60 Å². The Bertz CT molecular complexity index is 2170. The second-order valence-electron chi connectivity index (χ2n) is 17.8. The molecule has 0 bridgehead atoms. The van der Waals surface area contributed by atoms with E-state index in [1.54, 1.807) is 15.8 Å². The summed E-state index contributed by atoms with van der Waals surface area (Å²) in [5, 5.41) is 15.5. The number of benzene rings is 3. The zero-order valence-corrected chi connectivity index (χ0v) is 36.1. The summed E-state index contributed by atoms with van der Waals surface area (Å²) in [6, 6.07) is 24.0. The highest BCUT2D eigenvalue weighted by molar-refractivity contribution is 5.97. The van der Waals surface area contributed by atoms with E-state index in [0.29, 0.717) is 37.7 Å². The fourth-order valence-corrected chi connectivity index (χ4v) is 8.97. The SMILES string of the molecule is CCC(=O)N1c2ccccc2[C@H](NC2CCC(NC(=O)c3cn(Cc4ccc(N(C(=O)OC(C)(C)C)[C@@H]5CCN(C(=O)C(C)C)c6ccccc65)cc4)nn3)CC2)C[C@@H]1C. The average Bonchev–Trinajstić information content (AvgIpc) is 3.70. The number of para-hydroxylation sites is 2. The summed E-state index contributed by atoms with van der Waals surface area (Å²) in [4.78, 5) is 58.7. The van der Waals surface area contributed by atoms with Crippen LogP contribution in [-0.4, -0.2) is 69.1 Å². The number of carbonyl (C=O) groups excluding carboxylic acids is 4. The van der Waals surface area contributed by atoms with Crippen LogP contribution in [0.3, 0.4) is 0 Å². The molecule has 318 valence electrons. The number of anilines is 3. The van der Waals surface area contributed by atoms with Crippen LogP contribution in [0.25, 0.3) is 0 Å². The van der Waals surface area contributed by atoms with Crippen LogP contribution in [0.4, 0.5) is 21.9 Å². The Balaban J connectivity index is 0.964. The van der Waals surface area contributed by atoms with Crippen molar-refractivity contribution >= 4 is 40.9 Å². The summed E-state index contributed by atoms with van der Waals surface area (Å²) >= 11 is 0. The van der Waals surface area contributed by atoms with E-state index in [9.17, 15) is 19.2 Å². The van der Waals surface area contributed by atoms with Gasteiger partial charge in [0.25, 0.3) is 5.91 Å². The standard InChI is InChI=1S/C47H60N8O5/c1-8-43(56)54-31(4)27-38(36-13-9-12-16-41(36)54)48-33-19-21-34(22-20-33)49-44(57)39-29-52(51-50-39)28-32-17-23-35(24-18-32)55(46(59)60-47(5,6)7)42-25-26-53(45(58)30(2)3)40-15-11-10-14-37(40)42/h9-18,23-24,29-31,33-34,38,42,48H,8,19-22,25-28H2,1-7H3,(H,49,57)/t31-,33?,34?,38+,42+/m0/s1. The lowest BCUT2D eigenvalue weighted by Gasteiger charge is -2.41. The number of nitrogens with one attached hydrogen (secondary N) is 2. The lowest BCUT2D eigenvalue weighted by atomic mass is 9.87. The summed E-state index contributed by atoms with van der Waals surface area (Å²) in [6.45, 7) is 14.3. The number of rotatable bonds is 10. The van der Waals surface area contributed by atoms with Crippen LogP contribution >= 0.6 is 0 Å². The molecule has 4 aromatic rings. The molecule has 7 rings (SSSR count). The first-order valence-corrected chi connectivity index (χ1v) is 21.6. The molecule has 2 N–H and O–H groups in total. The molecule has 2 aliphatic heterocycles. The van der Waals surface area contributed by atoms with Crippen molar-refractivity contribution in [3.05, 3.63) is 101 Å². The first-order chi connectivity index (χ1) is 28.7. The van der Waals surface area contributed by atoms with Gasteiger partial charge in [-0.15, -0.1) is 5.10 Å². The Hall–Kier alpha value is -5.56. The number of amides is 4. The molecular weight excluding hydrogens is 757 g/mol. The van der Waals surface area contributed by atoms with Gasteiger partial charge < -0.3 is 25.2 Å². The molecule has 3 heterocycles. The van der Waals surface area contributed by atoms with Gasteiger partial charge in [-0.05, 0) is 107 Å². The van der Waals surface area contributed by atoms with Crippen molar-refractivity contribution in [1.82, 2.24) is 25.6 Å². The third-order valence-corrected chi connectivity index (χ3v) is 11.9. The molecule has 13 nitrogen and oxygen atoms in total. The van der Waals surface area contributed by atoms with Gasteiger partial charge >= 0.3 is 6.09 Å². The molecule has 1 aliphatic carbocycles. The lowest BCUT2D eigenvalue weighted by molar-refractivity contribution is -0.121. The van der Waals surface area contributed by atoms with Crippen molar-refractivity contribution in [2.24, 2.45) is 5.92 Å². The fourth-order valence-electron chi connectivity index (χ4n) is 8.97. The molecule has 0 radical (unpaired) electrons. The van der Waals surface area contributed by atoms with Crippen LogP contribution in [0.5, 0.6) is 0 Å². The predicted octanol–water partition coefficient (Wildman–Crippen LogP) is 8.11. The molecule has 0 spiro atoms. The van der Waals surface area contributed by atoms with Gasteiger partial charge in [0, 0.05) is 60.1 Å². The molecule has 13 heteroatoms. The minimum absolute atomic E-state index is 0.0475. The molecule has 3 aliphatic rings. The van der Waals surface area contributed by atoms with E-state index in [1.165, 1.54) is 5.56 Å². The Kier molecular flexibility index (Phi) is 12.7. The van der Waals surface area contributed by atoms with Crippen molar-refractivity contribution in [2.75, 3.05) is 21.2 Å². The number of ether oxygens (including phenoxy) is 1. The molecular formula is C47H60N8O5. The van der Waals surface area contributed by atoms with E-state index in [0.717, 1.165) is 54.6 Å². The monoisotopic (exact) mass is 816 g/mol. The van der Waals surface area contributed by atoms with Crippen LogP contribution in [-0.2, 0) is 20.9 Å². The highest BCUT2D eigenvalue weighted by Gasteiger charge is 2.38. The molecule has 3 aromatic carbocycles. The number of aromatic nitrogens is 3. The van der Waals surface area contributed by atoms with Crippen LogP contribution in [0.1, 0.15) is 133 Å². The van der Waals surface area contributed by atoms with Crippen molar-refractivity contribution in [2.45, 2.75) is 136 Å². The molecule has 60 heavy (non-hydrogen) atoms. The zero-order valence-electron chi connectivity index (χ0n) is 36.1. The topological polar surface area (TPSA) is 142 Å². The second kappa shape index (κ2) is 18.0. The number of hydrogen-bond donors (Lipinski definition) is 2. The summed E-state index contributed by atoms with van der Waals surface area (Å²) in [5.41, 5.74) is 5.03. The quantitative estimate of drug-likeness (QED) is 0.164. The molecule has 0 unspecified atom stereocenters. The van der Waals surface area contributed by atoms with Crippen molar-refractivity contribution in [3.63, 3.8) is 0 Å². The van der Waals surface area contributed by atoms with Crippen LogP contribution in [0, 0.1) is 5.92 Å². The van der Waals surface area contributed by atoms with E-state index < -0.39 is 11.7 Å². The van der Waals surface area contributed by atoms with Gasteiger partial charge in [-0.2, -0.15) is 0 Å². The van der Waals surface area contributed by atoms with Crippen molar-refractivity contribution < 1.29 is 23.9 Å². The van der Waals surface area contributed by atoms with Crippen LogP contribution in [0.15, 0.2) is 79.0 Å². The number of hydrogen-bond acceptors (Lipinski definition) is 8. The maximum Gasteiger partial charge on any atom is 0.415 e. The van der Waals surface area contributed by atoms with Crippen molar-refractivity contribution in [3.8, 4) is 0 Å². The van der Waals surface area contributed by atoms with E-state index in [-0.39, 0.29) is 53.5 Å². The van der Waals surface area contributed by atoms with Crippen LogP contribution in [0.2, 0.25) is 0 Å². The maximum absolute atomic E-state index is 13.9. The predicted molar refractivity (Wildman–Crippen MR) is 233 cm³/mol. The van der Waals surface area contributed by atoms with Gasteiger partial charge in [0.15, 0.2) is 5.69 Å². The third-order valence-electron chi connectivity index (χ3n) is 11.9. The Labute approximate surface area is 353 Å². The molecule has 3 atom stereocenters. The first-order valence-electron chi connectivity index (χ1n) is 21.6. The van der Waals surface area contributed by atoms with Gasteiger partial charge in [-0.1, -0.05) is 74.5 Å². The van der Waals surface area contributed by atoms with Crippen molar-refractivity contribution in [1.29, 1.82) is 0 Å². The summed E-state index contributed by atoms with van der Waals surface area (Å²) in [5.74, 6) is -0.190. The summed E-state index contributed by atoms with van der Waals surface area (Å²) in [6.07, 6.45) is 6.69. The summed E-state index contributed by atoms with van der Waals surface area (Å²) < 4.78 is 7.58. The number of nitrogens with zero attached hydrogens (tertiary/aromatic N) is 6. The minimum atomic E-state index is -0.709. The van der Waals surface area contributed by atoms with E-state index in [1.807, 2.05) is 112 Å². The highest BCUT2D eigenvalue weighted by atomic mass is 16.6. The van der Waals surface area contributed by atoms with E-state index >= 15 is 0 Å². The molecule has 1 saturated carbocycles. The molecule has 4 amide bonds. The Morgan fingerprint density at radius 3 is 2.18 bits per heavy atom. The first kappa shape index (κ1) is 42.6. The Morgan fingerprint density at radius 1 is 0.867 bits per heavy atom. The fraction of sp³-hybridized carbons (Fsp3) is 0.489. The van der Waals surface area contributed by atoms with Crippen LogP contribution < -0.4 is 25.3 Å². The molecule has 0 saturated heterocycles. The normalized spacial score (nSPS) is 21.5. The molecule has 1 aromatic heterocycles. The van der Waals surface area contributed by atoms with E-state index in [2.05, 4.69) is 40.0 Å².